The van der Waals surface area contributed by atoms with Crippen molar-refractivity contribution >= 4 is 17.3 Å². The van der Waals surface area contributed by atoms with Crippen molar-refractivity contribution in [2.45, 2.75) is 26.3 Å². The van der Waals surface area contributed by atoms with E-state index in [0.717, 1.165) is 18.7 Å². The lowest BCUT2D eigenvalue weighted by molar-refractivity contribution is 0.0525. The van der Waals surface area contributed by atoms with Crippen molar-refractivity contribution in [3.8, 4) is 0 Å². The van der Waals surface area contributed by atoms with Gasteiger partial charge in [-0.1, -0.05) is 6.92 Å². The van der Waals surface area contributed by atoms with Crippen LogP contribution >= 0.6 is 0 Å². The molecule has 2 rings (SSSR count). The monoisotopic (exact) mass is 278 g/mol. The Bertz CT molecular complexity index is 476. The first kappa shape index (κ1) is 14.7. The van der Waals surface area contributed by atoms with E-state index in [4.69, 9.17) is 15.2 Å². The maximum absolute atomic E-state index is 12.1. The number of carbonyl (C=O) groups excluding carboxylic acids is 1. The predicted molar refractivity (Wildman–Crippen MR) is 79.1 cm³/mol. The van der Waals surface area contributed by atoms with E-state index in [1.54, 1.807) is 13.0 Å². The maximum atomic E-state index is 12.1. The minimum atomic E-state index is -0.323. The van der Waals surface area contributed by atoms with Gasteiger partial charge < -0.3 is 20.1 Å². The molecule has 2 N–H and O–H groups in total. The Morgan fingerprint density at radius 1 is 1.50 bits per heavy atom. The Hall–Kier alpha value is -1.75. The number of nitrogens with two attached hydrogens (primary N) is 1. The topological polar surface area (TPSA) is 64.8 Å². The number of carbonyl (C=O) groups is 1. The highest BCUT2D eigenvalue weighted by atomic mass is 16.5. The minimum absolute atomic E-state index is 0.278. The molecule has 1 aromatic rings. The quantitative estimate of drug-likeness (QED) is 0.674. The van der Waals surface area contributed by atoms with Crippen molar-refractivity contribution in [2.75, 3.05) is 37.0 Å². The van der Waals surface area contributed by atoms with Gasteiger partial charge in [-0.05, 0) is 31.5 Å². The van der Waals surface area contributed by atoms with Crippen molar-refractivity contribution in [1.29, 1.82) is 0 Å². The summed E-state index contributed by atoms with van der Waals surface area (Å²) in [5, 5.41) is 0. The third-order valence-electron chi connectivity index (χ3n) is 3.52. The zero-order valence-corrected chi connectivity index (χ0v) is 12.1. The first-order valence-corrected chi connectivity index (χ1v) is 7.08. The van der Waals surface area contributed by atoms with Crippen LogP contribution in [0.2, 0.25) is 0 Å². The normalized spacial score (nSPS) is 18.9. The molecule has 0 aliphatic carbocycles. The summed E-state index contributed by atoms with van der Waals surface area (Å²) >= 11 is 0. The highest BCUT2D eigenvalue weighted by Crippen LogP contribution is 2.28. The van der Waals surface area contributed by atoms with Crippen LogP contribution in [0.4, 0.5) is 11.4 Å². The van der Waals surface area contributed by atoms with Gasteiger partial charge in [-0.3, -0.25) is 0 Å². The van der Waals surface area contributed by atoms with Gasteiger partial charge >= 0.3 is 5.97 Å². The second-order valence-electron chi connectivity index (χ2n) is 4.83. The summed E-state index contributed by atoms with van der Waals surface area (Å²) in [4.78, 5) is 14.3. The lowest BCUT2D eigenvalue weighted by Crippen LogP contribution is -2.45. The van der Waals surface area contributed by atoms with E-state index >= 15 is 0 Å². The van der Waals surface area contributed by atoms with E-state index in [1.165, 1.54) is 0 Å². The van der Waals surface area contributed by atoms with Crippen molar-refractivity contribution in [2.24, 2.45) is 0 Å². The third kappa shape index (κ3) is 3.04. The lowest BCUT2D eigenvalue weighted by atomic mass is 10.1. The van der Waals surface area contributed by atoms with E-state index in [-0.39, 0.29) is 12.0 Å². The molecule has 0 bridgehead atoms. The van der Waals surface area contributed by atoms with E-state index in [1.807, 2.05) is 12.1 Å². The molecule has 1 atom stereocenters. The van der Waals surface area contributed by atoms with E-state index in [9.17, 15) is 4.79 Å². The first-order chi connectivity index (χ1) is 9.67. The molecule has 20 heavy (non-hydrogen) atoms. The molecule has 0 amide bonds. The molecule has 1 aliphatic heterocycles. The molecule has 0 radical (unpaired) electrons. The number of hydrogen-bond acceptors (Lipinski definition) is 5. The Morgan fingerprint density at radius 3 is 3.00 bits per heavy atom. The fraction of sp³-hybridized carbons (Fsp3) is 0.533. The number of rotatable bonds is 4. The van der Waals surface area contributed by atoms with Crippen molar-refractivity contribution in [1.82, 2.24) is 0 Å². The number of nitrogens with zero attached hydrogens (tertiary/aromatic N) is 1. The van der Waals surface area contributed by atoms with Crippen LogP contribution in [0.5, 0.6) is 0 Å². The molecule has 1 aromatic carbocycles. The van der Waals surface area contributed by atoms with Gasteiger partial charge in [0.05, 0.1) is 37.1 Å². The molecule has 1 fully saturated rings. The molecular formula is C15H22N2O3. The number of morpholine rings is 1. The zero-order valence-electron chi connectivity index (χ0n) is 12.1. The highest BCUT2D eigenvalue weighted by Gasteiger charge is 2.26. The average Bonchev–Trinajstić information content (AvgIpc) is 2.47. The molecule has 1 heterocycles. The van der Waals surface area contributed by atoms with E-state index in [0.29, 0.717) is 31.1 Å². The van der Waals surface area contributed by atoms with Gasteiger partial charge in [0.2, 0.25) is 0 Å². The molecule has 1 aliphatic rings. The number of esters is 1. The van der Waals surface area contributed by atoms with Gasteiger partial charge in [0.25, 0.3) is 0 Å². The Labute approximate surface area is 119 Å². The van der Waals surface area contributed by atoms with Crippen LogP contribution < -0.4 is 10.6 Å². The van der Waals surface area contributed by atoms with Crippen LogP contribution in [0.1, 0.15) is 30.6 Å². The van der Waals surface area contributed by atoms with Gasteiger partial charge in [0.1, 0.15) is 0 Å². The Kier molecular flexibility index (Phi) is 4.84. The second kappa shape index (κ2) is 6.61. The summed E-state index contributed by atoms with van der Waals surface area (Å²) < 4.78 is 10.6. The predicted octanol–water partition coefficient (Wildman–Crippen LogP) is 2.06. The summed E-state index contributed by atoms with van der Waals surface area (Å²) in [6.07, 6.45) is 0.965. The Balaban J connectivity index is 2.36. The molecular weight excluding hydrogens is 256 g/mol. The minimum Gasteiger partial charge on any atom is -0.462 e. The van der Waals surface area contributed by atoms with Gasteiger partial charge in [-0.2, -0.15) is 0 Å². The van der Waals surface area contributed by atoms with E-state index in [2.05, 4.69) is 11.8 Å². The fourth-order valence-electron chi connectivity index (χ4n) is 2.49. The summed E-state index contributed by atoms with van der Waals surface area (Å²) in [5.41, 5.74) is 7.79. The van der Waals surface area contributed by atoms with Gasteiger partial charge in [0.15, 0.2) is 0 Å². The van der Waals surface area contributed by atoms with Gasteiger partial charge in [0, 0.05) is 12.2 Å². The second-order valence-corrected chi connectivity index (χ2v) is 4.83. The summed E-state index contributed by atoms with van der Waals surface area (Å²) in [6, 6.07) is 5.69. The number of hydrogen-bond donors (Lipinski definition) is 1. The van der Waals surface area contributed by atoms with E-state index < -0.39 is 0 Å². The molecule has 0 aromatic heterocycles. The first-order valence-electron chi connectivity index (χ1n) is 7.08. The molecule has 0 spiro atoms. The van der Waals surface area contributed by atoms with Gasteiger partial charge in [-0.25, -0.2) is 4.79 Å². The summed E-state index contributed by atoms with van der Waals surface area (Å²) in [6.45, 7) is 6.40. The molecule has 5 heteroatoms. The van der Waals surface area contributed by atoms with Crippen LogP contribution in [-0.4, -0.2) is 38.4 Å². The Morgan fingerprint density at radius 2 is 2.30 bits per heavy atom. The van der Waals surface area contributed by atoms with Crippen LogP contribution in [0.3, 0.4) is 0 Å². The fourth-order valence-corrected chi connectivity index (χ4v) is 2.49. The highest BCUT2D eigenvalue weighted by molar-refractivity contribution is 5.97. The smallest absolute Gasteiger partial charge is 0.340 e. The number of nitrogen functional groups attached to an aromatic ring is 1. The molecule has 5 nitrogen and oxygen atoms in total. The largest absolute Gasteiger partial charge is 0.462 e. The molecule has 1 unspecified atom stereocenters. The van der Waals surface area contributed by atoms with Crippen LogP contribution in [0, 0.1) is 0 Å². The summed E-state index contributed by atoms with van der Waals surface area (Å²) in [7, 11) is 0. The van der Waals surface area contributed by atoms with Crippen molar-refractivity contribution in [3.05, 3.63) is 23.8 Å². The van der Waals surface area contributed by atoms with Gasteiger partial charge in [-0.15, -0.1) is 0 Å². The standard InChI is InChI=1S/C15H22N2O3/c1-3-12-10-19-8-7-17(12)14-6-5-11(16)9-13(14)15(18)20-4-2/h5-6,9,12H,3-4,7-8,10,16H2,1-2H3. The maximum Gasteiger partial charge on any atom is 0.340 e. The zero-order chi connectivity index (χ0) is 14.5. The van der Waals surface area contributed by atoms with Crippen molar-refractivity contribution in [3.63, 3.8) is 0 Å². The lowest BCUT2D eigenvalue weighted by Gasteiger charge is -2.37. The SMILES string of the molecule is CCOC(=O)c1cc(N)ccc1N1CCOCC1CC. The van der Waals surface area contributed by atoms with Crippen LogP contribution in [-0.2, 0) is 9.47 Å². The molecule has 1 saturated heterocycles. The third-order valence-corrected chi connectivity index (χ3v) is 3.52. The van der Waals surface area contributed by atoms with Crippen LogP contribution in [0.25, 0.3) is 0 Å². The number of anilines is 2. The number of ether oxygens (including phenoxy) is 2. The molecule has 110 valence electrons. The van der Waals surface area contributed by atoms with Crippen molar-refractivity contribution < 1.29 is 14.3 Å². The van der Waals surface area contributed by atoms with Crippen LogP contribution in [0.15, 0.2) is 18.2 Å². The summed E-state index contributed by atoms with van der Waals surface area (Å²) in [5.74, 6) is -0.323. The molecule has 0 saturated carbocycles. The number of benzene rings is 1. The average molecular weight is 278 g/mol.